The Bertz CT molecular complexity index is 2350. The van der Waals surface area contributed by atoms with Gasteiger partial charge in [0.05, 0.1) is 68.8 Å². The average molecular weight is 1050 g/mol. The number of carbonyl (C=O) groups is 4. The van der Waals surface area contributed by atoms with Crippen LogP contribution in [0.1, 0.15) is 78.3 Å². The lowest BCUT2D eigenvalue weighted by molar-refractivity contribution is -0.138. The summed E-state index contributed by atoms with van der Waals surface area (Å²) in [5.41, 5.74) is 6.82. The Morgan fingerprint density at radius 1 is 0.427 bits per heavy atom. The van der Waals surface area contributed by atoms with Gasteiger partial charge in [-0.15, -0.1) is 23.5 Å². The molecule has 11 nitrogen and oxygen atoms in total. The van der Waals surface area contributed by atoms with E-state index in [9.17, 15) is 19.2 Å². The van der Waals surface area contributed by atoms with E-state index in [2.05, 4.69) is 156 Å². The maximum absolute atomic E-state index is 14.0. The van der Waals surface area contributed by atoms with E-state index in [0.29, 0.717) is 89.8 Å². The van der Waals surface area contributed by atoms with Crippen LogP contribution in [0.5, 0.6) is 0 Å². The number of unbranched alkanes of at least 4 members (excludes halogenated alkanes) is 1. The molecule has 0 aliphatic rings. The summed E-state index contributed by atoms with van der Waals surface area (Å²) in [6.07, 6.45) is 2.53. The van der Waals surface area contributed by atoms with Gasteiger partial charge >= 0.3 is 5.97 Å². The highest BCUT2D eigenvalue weighted by molar-refractivity contribution is 8.00. The quantitative estimate of drug-likeness (QED) is 0.0253. The van der Waals surface area contributed by atoms with Crippen molar-refractivity contribution < 1.29 is 43.2 Å². The van der Waals surface area contributed by atoms with Crippen LogP contribution in [0.3, 0.4) is 0 Å². The lowest BCUT2D eigenvalue weighted by Gasteiger charge is -2.35. The average Bonchev–Trinajstić information content (AvgIpc) is 3.45. The van der Waals surface area contributed by atoms with E-state index < -0.39 is 21.4 Å². The Hall–Kier alpha value is -6.06. The number of amides is 2. The number of hydrogen-bond donors (Lipinski definition) is 3. The zero-order valence-electron chi connectivity index (χ0n) is 42.9. The summed E-state index contributed by atoms with van der Waals surface area (Å²) >= 11 is 3.50. The maximum Gasteiger partial charge on any atom is 0.305 e. The highest BCUT2D eigenvalue weighted by atomic mass is 32.2. The van der Waals surface area contributed by atoms with E-state index in [4.69, 9.17) is 24.1 Å². The number of rotatable bonds is 37. The van der Waals surface area contributed by atoms with Gasteiger partial charge in [0.25, 0.3) is 0 Å². The van der Waals surface area contributed by atoms with Crippen molar-refractivity contribution in [2.45, 2.75) is 54.4 Å². The summed E-state index contributed by atoms with van der Waals surface area (Å²) in [5.74, 6) is -0.486. The monoisotopic (exact) mass is 1050 g/mol. The van der Waals surface area contributed by atoms with Crippen LogP contribution < -0.4 is 10.6 Å². The van der Waals surface area contributed by atoms with Crippen molar-refractivity contribution in [3.05, 3.63) is 215 Å². The molecule has 1 atom stereocenters. The topological polar surface area (TPSA) is 149 Å². The number of Topliss-reactive ketones (excluding diaryl/α,β-unsaturated/α-hetero) is 1. The summed E-state index contributed by atoms with van der Waals surface area (Å²) < 4.78 is 20.9. The molecule has 0 aromatic heterocycles. The number of carboxylic acid groups (broad SMARTS) is 1. The summed E-state index contributed by atoms with van der Waals surface area (Å²) in [6, 6.07) is 62.6. The Morgan fingerprint density at radius 3 is 1.17 bits per heavy atom. The van der Waals surface area contributed by atoms with Crippen molar-refractivity contribution >= 4 is 47.1 Å². The van der Waals surface area contributed by atoms with Crippen LogP contribution in [0.15, 0.2) is 182 Å². The number of ketones is 1. The molecule has 0 unspecified atom stereocenters. The van der Waals surface area contributed by atoms with Gasteiger partial charge in [0.2, 0.25) is 11.8 Å². The second-order valence-corrected chi connectivity index (χ2v) is 20.5. The molecule has 0 aliphatic heterocycles. The Labute approximate surface area is 451 Å². The van der Waals surface area contributed by atoms with E-state index >= 15 is 0 Å². The molecule has 3 N–H and O–H groups in total. The second kappa shape index (κ2) is 33.1. The first-order valence-electron chi connectivity index (χ1n) is 26.0. The molecule has 0 saturated carbocycles. The van der Waals surface area contributed by atoms with Crippen molar-refractivity contribution in [3.63, 3.8) is 0 Å². The number of aliphatic carboxylic acids is 1. The molecule has 75 heavy (non-hydrogen) atoms. The largest absolute Gasteiger partial charge is 0.481 e. The number of thioether (sulfide) groups is 2. The highest BCUT2D eigenvalue weighted by Gasteiger charge is 2.38. The van der Waals surface area contributed by atoms with E-state index in [1.54, 1.807) is 23.5 Å². The number of carboxylic acids is 1. The fourth-order valence-corrected chi connectivity index (χ4v) is 12.0. The first-order valence-corrected chi connectivity index (χ1v) is 28.0. The zero-order valence-corrected chi connectivity index (χ0v) is 44.5. The van der Waals surface area contributed by atoms with Gasteiger partial charge in [-0.3, -0.25) is 19.2 Å². The number of benzene rings is 6. The fourth-order valence-electron chi connectivity index (χ4n) is 9.00. The molecule has 396 valence electrons. The third-order valence-electron chi connectivity index (χ3n) is 12.7. The number of nitrogens with one attached hydrogen (secondary N) is 2. The first kappa shape index (κ1) is 58.2. The van der Waals surface area contributed by atoms with Crippen molar-refractivity contribution in [2.24, 2.45) is 5.92 Å². The maximum atomic E-state index is 14.0. The second-order valence-electron chi connectivity index (χ2n) is 17.9. The molecule has 2 amide bonds. The van der Waals surface area contributed by atoms with Crippen molar-refractivity contribution in [2.75, 3.05) is 77.5 Å². The Kier molecular flexibility index (Phi) is 25.7. The van der Waals surface area contributed by atoms with E-state index in [0.717, 1.165) is 33.4 Å². The van der Waals surface area contributed by atoms with Crippen LogP contribution in [0, 0.1) is 5.92 Å². The third kappa shape index (κ3) is 18.6. The lowest BCUT2D eigenvalue weighted by atomic mass is 9.84. The molecular weight excluding hydrogens is 981 g/mol. The minimum Gasteiger partial charge on any atom is -0.481 e. The third-order valence-corrected chi connectivity index (χ3v) is 15.8. The summed E-state index contributed by atoms with van der Waals surface area (Å²) in [5, 5.41) is 14.8. The molecule has 6 rings (SSSR count). The van der Waals surface area contributed by atoms with Crippen molar-refractivity contribution in [1.29, 1.82) is 0 Å². The van der Waals surface area contributed by atoms with Crippen LogP contribution in [-0.2, 0) is 47.6 Å². The van der Waals surface area contributed by atoms with E-state index in [1.165, 1.54) is 0 Å². The van der Waals surface area contributed by atoms with Crippen LogP contribution >= 0.6 is 23.5 Å². The zero-order chi connectivity index (χ0) is 52.7. The lowest BCUT2D eigenvalue weighted by Crippen LogP contribution is -2.35. The predicted molar refractivity (Wildman–Crippen MR) is 301 cm³/mol. The predicted octanol–water partition coefficient (Wildman–Crippen LogP) is 10.7. The summed E-state index contributed by atoms with van der Waals surface area (Å²) in [6.45, 7) is 3.28. The van der Waals surface area contributed by atoms with E-state index in [-0.39, 0.29) is 50.2 Å². The normalized spacial score (nSPS) is 11.9. The molecule has 13 heteroatoms. The minimum absolute atomic E-state index is 0.0252. The van der Waals surface area contributed by atoms with Gasteiger partial charge in [-0.1, -0.05) is 188 Å². The van der Waals surface area contributed by atoms with E-state index in [1.807, 2.05) is 36.4 Å². The molecule has 0 radical (unpaired) electrons. The van der Waals surface area contributed by atoms with Crippen molar-refractivity contribution in [3.8, 4) is 0 Å². The van der Waals surface area contributed by atoms with Gasteiger partial charge in [0, 0.05) is 49.8 Å². The minimum atomic E-state index is -0.900. The molecule has 0 bridgehead atoms. The SMILES string of the molecule is O=C(O)CCOCCOCCOCCOCCNC(=O)[C@H](CCCCNC(=O)CCSC(c1ccccc1)(c1ccccc1)c1ccccc1)CC(=O)CCSC(c1ccccc1)(c1ccccc1)c1ccccc1. The van der Waals surface area contributed by atoms with Gasteiger partial charge in [-0.05, 0) is 46.2 Å². The van der Waals surface area contributed by atoms with Gasteiger partial charge in [-0.25, -0.2) is 0 Å². The Morgan fingerprint density at radius 2 is 0.787 bits per heavy atom. The highest BCUT2D eigenvalue weighted by Crippen LogP contribution is 2.50. The van der Waals surface area contributed by atoms with Crippen LogP contribution in [0.4, 0.5) is 0 Å². The Balaban J connectivity index is 1.00. The number of carbonyl (C=O) groups excluding carboxylic acids is 3. The fraction of sp³-hybridized carbons (Fsp3) is 0.355. The van der Waals surface area contributed by atoms with Crippen LogP contribution in [0.25, 0.3) is 0 Å². The molecule has 0 fully saturated rings. The van der Waals surface area contributed by atoms with Crippen LogP contribution in [-0.4, -0.2) is 106 Å². The molecule has 0 aliphatic carbocycles. The molecular formula is C62H72N2O9S2. The van der Waals surface area contributed by atoms with Crippen molar-refractivity contribution in [1.82, 2.24) is 10.6 Å². The molecule has 6 aromatic carbocycles. The molecule has 6 aromatic rings. The first-order chi connectivity index (χ1) is 36.8. The number of hydrogen-bond acceptors (Lipinski definition) is 10. The van der Waals surface area contributed by atoms with Gasteiger partial charge < -0.3 is 34.7 Å². The molecule has 0 spiro atoms. The van der Waals surface area contributed by atoms with Gasteiger partial charge in [0.15, 0.2) is 0 Å². The molecule has 0 saturated heterocycles. The summed E-state index contributed by atoms with van der Waals surface area (Å²) in [7, 11) is 0. The number of ether oxygens (including phenoxy) is 4. The van der Waals surface area contributed by atoms with Gasteiger partial charge in [-0.2, -0.15) is 0 Å². The smallest absolute Gasteiger partial charge is 0.305 e. The molecule has 0 heterocycles. The summed E-state index contributed by atoms with van der Waals surface area (Å²) in [4.78, 5) is 51.7. The standard InChI is InChI=1S/C62H72N2O9S2/c65-57(35-47-74-61(51-22-7-1-8-23-51,52-24-9-2-10-25-52)53-26-11-3-12-27-53)49-50(60(69)64-38-40-71-42-44-73-46-45-72-43-41-70-39-34-59(67)68)21-19-20-37-63-58(66)36-48-75-62(54-28-13-4-14-29-54,55-30-15-5-16-31-55)56-32-17-6-18-33-56/h1-18,22-33,50H,19-21,34-49H2,(H,63,66)(H,64,69)(H,67,68)/t50-/m1/s1. The van der Waals surface area contributed by atoms with Crippen LogP contribution in [0.2, 0.25) is 0 Å². The van der Waals surface area contributed by atoms with Gasteiger partial charge in [0.1, 0.15) is 5.78 Å².